The van der Waals surface area contributed by atoms with E-state index in [9.17, 15) is 4.79 Å². The van der Waals surface area contributed by atoms with Crippen molar-refractivity contribution in [2.24, 2.45) is 0 Å². The number of amides is 2. The summed E-state index contributed by atoms with van der Waals surface area (Å²) in [6.45, 7) is 3.27. The quantitative estimate of drug-likeness (QED) is 0.881. The Bertz CT molecular complexity index is 542. The molecule has 0 unspecified atom stereocenters. The van der Waals surface area contributed by atoms with Crippen molar-refractivity contribution in [3.05, 3.63) is 28.2 Å². The zero-order valence-corrected chi connectivity index (χ0v) is 14.2. The molecule has 1 saturated heterocycles. The molecule has 1 aliphatic rings. The number of likely N-dealkylation sites (N-methyl/N-ethyl adjacent to an activating group) is 1. The molecule has 1 aromatic carbocycles. The maximum absolute atomic E-state index is 12.1. The molecule has 122 valence electrons. The molecular weight excluding hydrogens is 325 g/mol. The summed E-state index contributed by atoms with van der Waals surface area (Å²) in [5.74, 6) is 0. The molecule has 7 heteroatoms. The Hall–Kier alpha value is -1.17. The third-order valence-electron chi connectivity index (χ3n) is 4.01. The van der Waals surface area contributed by atoms with Crippen molar-refractivity contribution in [1.29, 1.82) is 0 Å². The highest BCUT2D eigenvalue weighted by Gasteiger charge is 2.27. The Morgan fingerprint density at radius 1 is 1.55 bits per heavy atom. The Labute approximate surface area is 140 Å². The normalized spacial score (nSPS) is 19.1. The first kappa shape index (κ1) is 17.2. The molecule has 2 amide bonds. The first-order chi connectivity index (χ1) is 10.4. The van der Waals surface area contributed by atoms with E-state index >= 15 is 0 Å². The molecule has 1 fully saturated rings. The lowest BCUT2D eigenvalue weighted by Crippen LogP contribution is -2.48. The van der Waals surface area contributed by atoms with Gasteiger partial charge in [0.25, 0.3) is 0 Å². The van der Waals surface area contributed by atoms with Gasteiger partial charge in [-0.15, -0.1) is 0 Å². The van der Waals surface area contributed by atoms with E-state index in [4.69, 9.17) is 28.3 Å². The second kappa shape index (κ2) is 7.40. The van der Waals surface area contributed by atoms with Gasteiger partial charge in [0.15, 0.2) is 0 Å². The van der Waals surface area contributed by atoms with E-state index < -0.39 is 0 Å². The number of aliphatic hydroxyl groups is 1. The summed E-state index contributed by atoms with van der Waals surface area (Å²) in [5.41, 5.74) is 0.930. The van der Waals surface area contributed by atoms with Crippen molar-refractivity contribution in [3.63, 3.8) is 0 Å². The van der Waals surface area contributed by atoms with Gasteiger partial charge in [-0.1, -0.05) is 23.2 Å². The summed E-state index contributed by atoms with van der Waals surface area (Å²) in [6, 6.07) is 5.12. The van der Waals surface area contributed by atoms with Crippen LogP contribution in [0, 0.1) is 0 Å². The monoisotopic (exact) mass is 345 g/mol. The van der Waals surface area contributed by atoms with Crippen LogP contribution in [0.3, 0.4) is 0 Å². The van der Waals surface area contributed by atoms with Gasteiger partial charge in [0.2, 0.25) is 0 Å². The topological polar surface area (TPSA) is 55.8 Å². The molecule has 1 aromatic rings. The highest BCUT2D eigenvalue weighted by atomic mass is 35.5. The number of urea groups is 1. The molecule has 0 radical (unpaired) electrons. The van der Waals surface area contributed by atoms with Gasteiger partial charge in [0, 0.05) is 31.2 Å². The fourth-order valence-corrected chi connectivity index (χ4v) is 2.96. The third-order valence-corrected chi connectivity index (χ3v) is 4.55. The summed E-state index contributed by atoms with van der Waals surface area (Å²) in [4.78, 5) is 15.7. The van der Waals surface area contributed by atoms with Crippen LogP contribution < -0.4 is 10.2 Å². The number of hydrogen-bond acceptors (Lipinski definition) is 3. The molecule has 2 atom stereocenters. The minimum absolute atomic E-state index is 0.0545. The molecule has 2 N–H and O–H groups in total. The number of hydrogen-bond donors (Lipinski definition) is 2. The van der Waals surface area contributed by atoms with Gasteiger partial charge in [-0.05, 0) is 31.5 Å². The van der Waals surface area contributed by atoms with Crippen molar-refractivity contribution in [2.75, 3.05) is 31.6 Å². The molecule has 0 aliphatic carbocycles. The lowest BCUT2D eigenvalue weighted by atomic mass is 10.2. The minimum atomic E-state index is -0.205. The van der Waals surface area contributed by atoms with Crippen molar-refractivity contribution < 1.29 is 9.90 Å². The molecule has 1 aliphatic heterocycles. The number of aliphatic hydroxyl groups excluding tert-OH is 1. The molecular formula is C15H21Cl2N3O2. The molecule has 5 nitrogen and oxygen atoms in total. The van der Waals surface area contributed by atoms with Crippen LogP contribution in [-0.4, -0.2) is 54.9 Å². The lowest BCUT2D eigenvalue weighted by Gasteiger charge is -2.26. The Morgan fingerprint density at radius 2 is 2.27 bits per heavy atom. The van der Waals surface area contributed by atoms with Crippen LogP contribution in [-0.2, 0) is 0 Å². The van der Waals surface area contributed by atoms with E-state index in [-0.39, 0.29) is 24.7 Å². The number of benzene rings is 1. The fraction of sp³-hybridized carbons (Fsp3) is 0.533. The maximum atomic E-state index is 12.1. The molecule has 1 heterocycles. The van der Waals surface area contributed by atoms with Gasteiger partial charge >= 0.3 is 6.03 Å². The zero-order chi connectivity index (χ0) is 16.3. The number of halogens is 2. The fourth-order valence-electron chi connectivity index (χ4n) is 2.43. The van der Waals surface area contributed by atoms with E-state index in [1.807, 2.05) is 12.1 Å². The summed E-state index contributed by atoms with van der Waals surface area (Å²) in [7, 11) is 1.68. The number of rotatable bonds is 4. The Balaban J connectivity index is 1.94. The highest BCUT2D eigenvalue weighted by molar-refractivity contribution is 6.36. The van der Waals surface area contributed by atoms with Crippen molar-refractivity contribution >= 4 is 34.9 Å². The van der Waals surface area contributed by atoms with Gasteiger partial charge in [-0.3, -0.25) is 0 Å². The molecule has 0 bridgehead atoms. The zero-order valence-electron chi connectivity index (χ0n) is 12.7. The van der Waals surface area contributed by atoms with E-state index in [1.54, 1.807) is 20.0 Å². The van der Waals surface area contributed by atoms with Crippen LogP contribution in [0.15, 0.2) is 18.2 Å². The molecule has 0 aromatic heterocycles. The average Bonchev–Trinajstić information content (AvgIpc) is 2.93. The van der Waals surface area contributed by atoms with Crippen LogP contribution in [0.25, 0.3) is 0 Å². The largest absolute Gasteiger partial charge is 0.394 e. The molecule has 0 spiro atoms. The van der Waals surface area contributed by atoms with Crippen LogP contribution in [0.1, 0.15) is 13.3 Å². The van der Waals surface area contributed by atoms with Crippen molar-refractivity contribution in [1.82, 2.24) is 10.2 Å². The first-order valence-electron chi connectivity index (χ1n) is 7.26. The van der Waals surface area contributed by atoms with Gasteiger partial charge < -0.3 is 20.2 Å². The van der Waals surface area contributed by atoms with Crippen LogP contribution >= 0.6 is 23.2 Å². The summed E-state index contributed by atoms with van der Waals surface area (Å²) >= 11 is 12.1. The number of carbonyl (C=O) groups excluding carboxylic acids is 1. The number of nitrogens with one attached hydrogen (secondary N) is 1. The number of nitrogens with zero attached hydrogens (tertiary/aromatic N) is 2. The number of anilines is 1. The van der Waals surface area contributed by atoms with Crippen molar-refractivity contribution in [2.45, 2.75) is 25.4 Å². The first-order valence-corrected chi connectivity index (χ1v) is 8.02. The van der Waals surface area contributed by atoms with Gasteiger partial charge in [0.05, 0.1) is 23.4 Å². The average molecular weight is 346 g/mol. The minimum Gasteiger partial charge on any atom is -0.394 e. The standard InChI is InChI=1S/C15H21Cl2N3O2/c1-10(9-21)19(2)15(22)18-12-5-6-20(8-12)14-4-3-11(16)7-13(14)17/h3-4,7,10,12,21H,5-6,8-9H2,1-2H3,(H,18,22)/t10-,12-/m0/s1. The van der Waals surface area contributed by atoms with E-state index in [0.717, 1.165) is 18.7 Å². The van der Waals surface area contributed by atoms with E-state index in [1.165, 1.54) is 4.90 Å². The third kappa shape index (κ3) is 3.97. The molecule has 2 rings (SSSR count). The molecule has 0 saturated carbocycles. The van der Waals surface area contributed by atoms with E-state index in [2.05, 4.69) is 10.2 Å². The maximum Gasteiger partial charge on any atom is 0.317 e. The summed E-state index contributed by atoms with van der Waals surface area (Å²) in [6.07, 6.45) is 0.853. The van der Waals surface area contributed by atoms with Crippen molar-refractivity contribution in [3.8, 4) is 0 Å². The second-order valence-corrected chi connectivity index (χ2v) is 6.46. The van der Waals surface area contributed by atoms with Gasteiger partial charge in [-0.25, -0.2) is 4.79 Å². The summed E-state index contributed by atoms with van der Waals surface area (Å²) < 4.78 is 0. The number of carbonyl (C=O) groups is 1. The second-order valence-electron chi connectivity index (χ2n) is 5.62. The predicted molar refractivity (Wildman–Crippen MR) is 89.9 cm³/mol. The summed E-state index contributed by atoms with van der Waals surface area (Å²) in [5, 5.41) is 13.3. The Morgan fingerprint density at radius 3 is 2.91 bits per heavy atom. The van der Waals surface area contributed by atoms with Gasteiger partial charge in [0.1, 0.15) is 0 Å². The SMILES string of the molecule is C[C@@H](CO)N(C)C(=O)N[C@H]1CCN(c2ccc(Cl)cc2Cl)C1. The predicted octanol–water partition coefficient (Wildman–Crippen LogP) is 2.59. The Kier molecular flexibility index (Phi) is 5.78. The lowest BCUT2D eigenvalue weighted by molar-refractivity contribution is 0.155. The van der Waals surface area contributed by atoms with Crippen LogP contribution in [0.2, 0.25) is 10.0 Å². The highest BCUT2D eigenvalue weighted by Crippen LogP contribution is 2.31. The van der Waals surface area contributed by atoms with Gasteiger partial charge in [-0.2, -0.15) is 0 Å². The van der Waals surface area contributed by atoms with Crippen LogP contribution in [0.4, 0.5) is 10.5 Å². The smallest absolute Gasteiger partial charge is 0.317 e. The van der Waals surface area contributed by atoms with E-state index in [0.29, 0.717) is 16.6 Å². The van der Waals surface area contributed by atoms with Crippen LogP contribution in [0.5, 0.6) is 0 Å². The molecule has 22 heavy (non-hydrogen) atoms.